The maximum atomic E-state index is 10.7. The minimum absolute atomic E-state index is 0. The molecule has 0 N–H and O–H groups in total. The van der Waals surface area contributed by atoms with Gasteiger partial charge in [0.1, 0.15) is 0 Å². The van der Waals surface area contributed by atoms with Crippen LogP contribution in [0.3, 0.4) is 0 Å². The second-order valence-electron chi connectivity index (χ2n) is 5.90. The monoisotopic (exact) mass is 677 g/mol. The van der Waals surface area contributed by atoms with Gasteiger partial charge in [0.05, 0.1) is 0 Å². The van der Waals surface area contributed by atoms with Crippen molar-refractivity contribution in [2.45, 2.75) is 11.0 Å². The van der Waals surface area contributed by atoms with Crippen molar-refractivity contribution in [3.63, 3.8) is 0 Å². The Labute approximate surface area is 242 Å². The molecule has 0 saturated carbocycles. The van der Waals surface area contributed by atoms with Crippen molar-refractivity contribution in [2.75, 3.05) is 0 Å². The fraction of sp³-hybridized carbons (Fsp3) is 0.0909. The Morgan fingerprint density at radius 2 is 0.512 bits per heavy atom. The first-order chi connectivity index (χ1) is 18.5. The number of alkyl halides is 6. The zero-order valence-corrected chi connectivity index (χ0v) is 22.7. The van der Waals surface area contributed by atoms with Gasteiger partial charge in [0.25, 0.3) is 0 Å². The minimum atomic E-state index is -6.09. The Kier molecular flexibility index (Phi) is 23.8. The Morgan fingerprint density at radius 1 is 0.390 bits per heavy atom. The minimum Gasteiger partial charge on any atom is -0.741 e. The fourth-order valence-electron chi connectivity index (χ4n) is 1.25. The number of hydrogen-bond acceptors (Lipinski definition) is 10. The predicted octanol–water partition coefficient (Wildman–Crippen LogP) is 4.43. The summed E-state index contributed by atoms with van der Waals surface area (Å²) in [6, 6.07) is 22.9. The first kappa shape index (κ1) is 42.0. The molecule has 1 radical (unpaired) electrons. The summed E-state index contributed by atoms with van der Waals surface area (Å²) in [6.07, 6.45) is 14.0. The Morgan fingerprint density at radius 3 is 0.537 bits per heavy atom. The summed E-state index contributed by atoms with van der Waals surface area (Å²) in [5.41, 5.74) is -11.3. The Balaban J connectivity index is -0.000000422. The quantitative estimate of drug-likeness (QED) is 0.112. The topological polar surface area (TPSA) is 166 Å². The average Bonchev–Trinajstić information content (AvgIpc) is 2.92. The molecular weight excluding hydrogens is 658 g/mol. The summed E-state index contributed by atoms with van der Waals surface area (Å²) in [7, 11) is -12.2. The zero-order valence-electron chi connectivity index (χ0n) is 20.2. The third kappa shape index (κ3) is 29.3. The fourth-order valence-corrected chi connectivity index (χ4v) is 1.25. The van der Waals surface area contributed by atoms with Crippen molar-refractivity contribution in [1.82, 2.24) is 19.9 Å². The smallest absolute Gasteiger partial charge is 0.485 e. The van der Waals surface area contributed by atoms with Gasteiger partial charge in [-0.1, -0.05) is 24.3 Å². The molecule has 19 heteroatoms. The van der Waals surface area contributed by atoms with E-state index in [0.717, 1.165) is 0 Å². The third-order valence-corrected chi connectivity index (χ3v) is 3.97. The molecule has 0 amide bonds. The van der Waals surface area contributed by atoms with Gasteiger partial charge in [-0.2, -0.15) is 26.3 Å². The largest absolute Gasteiger partial charge is 0.741 e. The number of pyridine rings is 4. The first-order valence-corrected chi connectivity index (χ1v) is 12.8. The summed E-state index contributed by atoms with van der Waals surface area (Å²) in [5, 5.41) is 0. The SMILES string of the molecule is O=S(=O)([O-])C(F)(F)F.O=S(=O)([O-])C(F)(F)F.[Cu].c1ccncc1.c1ccncc1.c1ccncc1.c1ccncc1. The van der Waals surface area contributed by atoms with Crippen LogP contribution in [-0.2, 0) is 37.3 Å². The van der Waals surface area contributed by atoms with Crippen molar-refractivity contribution in [1.29, 1.82) is 0 Å². The van der Waals surface area contributed by atoms with Gasteiger partial charge < -0.3 is 9.11 Å². The van der Waals surface area contributed by atoms with Gasteiger partial charge in [-0.25, -0.2) is 16.8 Å². The molecule has 0 aliphatic rings. The van der Waals surface area contributed by atoms with Crippen LogP contribution in [0.1, 0.15) is 0 Å². The number of rotatable bonds is 0. The van der Waals surface area contributed by atoms with E-state index in [2.05, 4.69) is 19.9 Å². The van der Waals surface area contributed by atoms with Crippen LogP contribution in [0.5, 0.6) is 0 Å². The van der Waals surface area contributed by atoms with Crippen LogP contribution in [0.15, 0.2) is 122 Å². The molecule has 10 nitrogen and oxygen atoms in total. The molecule has 231 valence electrons. The molecule has 0 spiro atoms. The van der Waals surface area contributed by atoms with E-state index in [1.165, 1.54) is 0 Å². The molecule has 4 aromatic rings. The molecule has 0 aliphatic carbocycles. The van der Waals surface area contributed by atoms with Gasteiger partial charge in [-0.15, -0.1) is 0 Å². The maximum absolute atomic E-state index is 10.7. The van der Waals surface area contributed by atoms with Gasteiger partial charge >= 0.3 is 11.0 Å². The van der Waals surface area contributed by atoms with Crippen molar-refractivity contribution >= 4 is 20.2 Å². The van der Waals surface area contributed by atoms with E-state index in [9.17, 15) is 26.3 Å². The zero-order chi connectivity index (χ0) is 31.0. The standard InChI is InChI=1S/4C5H5N.2CHF3O3S.Cu/c4*1-2-4-6-5-3-1;2*2-1(3,4)8(5,6)7;/h4*1-5H;2*(H,5,6,7);/p-2. The molecule has 4 rings (SSSR count). The van der Waals surface area contributed by atoms with Crippen molar-refractivity contribution < 1.29 is 69.4 Å². The maximum Gasteiger partial charge on any atom is 0.485 e. The van der Waals surface area contributed by atoms with Crippen LogP contribution in [0.25, 0.3) is 0 Å². The number of nitrogens with zero attached hydrogens (tertiary/aromatic N) is 4. The molecule has 0 aromatic carbocycles. The van der Waals surface area contributed by atoms with E-state index in [0.29, 0.717) is 0 Å². The second kappa shape index (κ2) is 23.2. The van der Waals surface area contributed by atoms with Crippen LogP contribution >= 0.6 is 0 Å². The summed E-state index contributed by atoms with van der Waals surface area (Å²) >= 11 is 0. The molecule has 4 heterocycles. The Bertz CT molecular complexity index is 1040. The number of hydrogen-bond donors (Lipinski definition) is 0. The Hall–Kier alpha value is -3.48. The van der Waals surface area contributed by atoms with E-state index in [1.807, 2.05) is 72.8 Å². The molecular formula is C22H20CuF6N4O6S2-2. The van der Waals surface area contributed by atoms with Crippen LogP contribution in [0.2, 0.25) is 0 Å². The number of aromatic nitrogens is 4. The molecule has 4 aromatic heterocycles. The van der Waals surface area contributed by atoms with E-state index >= 15 is 0 Å². The molecule has 0 aliphatic heterocycles. The van der Waals surface area contributed by atoms with E-state index in [1.54, 1.807) is 49.6 Å². The van der Waals surface area contributed by atoms with Crippen molar-refractivity contribution in [3.8, 4) is 0 Å². The summed E-state index contributed by atoms with van der Waals surface area (Å²) in [4.78, 5) is 15.1. The third-order valence-electron chi connectivity index (χ3n) is 2.83. The van der Waals surface area contributed by atoms with E-state index in [-0.39, 0.29) is 17.1 Å². The van der Waals surface area contributed by atoms with Gasteiger partial charge in [0.15, 0.2) is 20.2 Å². The van der Waals surface area contributed by atoms with Gasteiger partial charge in [0.2, 0.25) is 0 Å². The molecule has 0 saturated heterocycles. The van der Waals surface area contributed by atoms with Crippen LogP contribution in [-0.4, -0.2) is 56.9 Å². The van der Waals surface area contributed by atoms with E-state index < -0.39 is 31.3 Å². The second-order valence-corrected chi connectivity index (χ2v) is 8.64. The van der Waals surface area contributed by atoms with Crippen LogP contribution in [0.4, 0.5) is 26.3 Å². The van der Waals surface area contributed by atoms with Gasteiger partial charge in [0, 0.05) is 66.6 Å². The summed E-state index contributed by atoms with van der Waals surface area (Å²) in [5.74, 6) is 0. The summed E-state index contributed by atoms with van der Waals surface area (Å²) < 4.78 is 118. The van der Waals surface area contributed by atoms with Crippen molar-refractivity contribution in [3.05, 3.63) is 122 Å². The predicted molar refractivity (Wildman–Crippen MR) is 128 cm³/mol. The molecule has 0 bridgehead atoms. The van der Waals surface area contributed by atoms with Gasteiger partial charge in [-0.3, -0.25) is 19.9 Å². The first-order valence-electron chi connectivity index (χ1n) is 9.94. The summed E-state index contributed by atoms with van der Waals surface area (Å²) in [6.45, 7) is 0. The normalized spacial score (nSPS) is 10.1. The average molecular weight is 678 g/mol. The molecule has 41 heavy (non-hydrogen) atoms. The molecule has 0 atom stereocenters. The number of halogens is 6. The van der Waals surface area contributed by atoms with Crippen molar-refractivity contribution in [2.24, 2.45) is 0 Å². The van der Waals surface area contributed by atoms with Gasteiger partial charge in [-0.05, 0) is 48.5 Å². The van der Waals surface area contributed by atoms with Crippen LogP contribution in [0, 0.1) is 0 Å². The van der Waals surface area contributed by atoms with E-state index in [4.69, 9.17) is 25.9 Å². The molecule has 0 fully saturated rings. The molecule has 0 unspecified atom stereocenters. The van der Waals surface area contributed by atoms with Crippen LogP contribution < -0.4 is 0 Å².